The molecule has 1 heterocycles. The highest BCUT2D eigenvalue weighted by molar-refractivity contribution is 5.75. The maximum atomic E-state index is 12.1. The molecule has 0 saturated heterocycles. The first-order valence-electron chi connectivity index (χ1n) is 8.59. The van der Waals surface area contributed by atoms with Crippen LogP contribution in [0.1, 0.15) is 11.4 Å². The third-order valence-electron chi connectivity index (χ3n) is 3.93. The van der Waals surface area contributed by atoms with Crippen molar-refractivity contribution in [2.24, 2.45) is 0 Å². The van der Waals surface area contributed by atoms with Crippen molar-refractivity contribution in [3.63, 3.8) is 0 Å². The van der Waals surface area contributed by atoms with Crippen LogP contribution in [0.4, 0.5) is 13.6 Å². The first-order chi connectivity index (χ1) is 13.1. The monoisotopic (exact) mass is 374 g/mol. The highest BCUT2D eigenvalue weighted by Crippen LogP contribution is 2.15. The van der Waals surface area contributed by atoms with Crippen molar-refractivity contribution < 1.29 is 18.3 Å². The summed E-state index contributed by atoms with van der Waals surface area (Å²) in [7, 11) is 0. The van der Waals surface area contributed by atoms with Gasteiger partial charge in [-0.1, -0.05) is 24.3 Å². The zero-order chi connectivity index (χ0) is 19.1. The van der Waals surface area contributed by atoms with E-state index in [1.165, 1.54) is 12.1 Å². The number of nitrogens with one attached hydrogen (secondary N) is 3. The van der Waals surface area contributed by atoms with Crippen molar-refractivity contribution in [1.29, 1.82) is 0 Å². The Morgan fingerprint density at radius 3 is 2.44 bits per heavy atom. The molecule has 0 aliphatic heterocycles. The number of para-hydroxylation sites is 2. The van der Waals surface area contributed by atoms with Gasteiger partial charge in [0.25, 0.3) is 0 Å². The molecule has 3 aromatic rings. The van der Waals surface area contributed by atoms with Crippen molar-refractivity contribution in [3.8, 4) is 5.75 Å². The fourth-order valence-corrected chi connectivity index (χ4v) is 2.64. The second kappa shape index (κ2) is 8.98. The van der Waals surface area contributed by atoms with Gasteiger partial charge in [-0.05, 0) is 36.2 Å². The summed E-state index contributed by atoms with van der Waals surface area (Å²) in [5.41, 5.74) is 2.79. The van der Waals surface area contributed by atoms with E-state index in [1.807, 2.05) is 24.3 Å². The minimum Gasteiger partial charge on any atom is -0.435 e. The summed E-state index contributed by atoms with van der Waals surface area (Å²) in [6.07, 6.45) is 1.19. The second-order valence-electron chi connectivity index (χ2n) is 5.91. The van der Waals surface area contributed by atoms with Crippen LogP contribution in [0.15, 0.2) is 48.5 Å². The smallest absolute Gasteiger partial charge is 0.387 e. The van der Waals surface area contributed by atoms with Gasteiger partial charge in [0.15, 0.2) is 0 Å². The van der Waals surface area contributed by atoms with Crippen LogP contribution < -0.4 is 15.4 Å². The minimum atomic E-state index is -2.83. The fraction of sp³-hybridized carbons (Fsp3) is 0.263. The molecule has 3 rings (SSSR count). The molecule has 1 aromatic heterocycles. The Balaban J connectivity index is 1.34. The molecule has 0 aliphatic carbocycles. The molecule has 0 bridgehead atoms. The minimum absolute atomic E-state index is 0.116. The van der Waals surface area contributed by atoms with E-state index in [1.54, 1.807) is 12.1 Å². The van der Waals surface area contributed by atoms with Crippen LogP contribution in [-0.2, 0) is 12.8 Å². The van der Waals surface area contributed by atoms with Crippen LogP contribution in [0.3, 0.4) is 0 Å². The van der Waals surface area contributed by atoms with E-state index in [0.29, 0.717) is 25.9 Å². The van der Waals surface area contributed by atoms with E-state index in [4.69, 9.17) is 0 Å². The van der Waals surface area contributed by atoms with E-state index in [0.717, 1.165) is 22.4 Å². The van der Waals surface area contributed by atoms with Gasteiger partial charge in [-0.3, -0.25) is 0 Å². The number of urea groups is 1. The lowest BCUT2D eigenvalue weighted by Gasteiger charge is -2.08. The number of benzene rings is 2. The van der Waals surface area contributed by atoms with E-state index in [-0.39, 0.29) is 11.8 Å². The summed E-state index contributed by atoms with van der Waals surface area (Å²) in [5, 5.41) is 5.54. The summed E-state index contributed by atoms with van der Waals surface area (Å²) in [6.45, 7) is -1.93. The van der Waals surface area contributed by atoms with Gasteiger partial charge in [-0.2, -0.15) is 8.78 Å². The third kappa shape index (κ3) is 5.67. The first-order valence-corrected chi connectivity index (χ1v) is 8.59. The van der Waals surface area contributed by atoms with E-state index in [9.17, 15) is 13.6 Å². The normalized spacial score (nSPS) is 10.9. The molecular formula is C19H20F2N4O2. The van der Waals surface area contributed by atoms with Crippen molar-refractivity contribution in [2.45, 2.75) is 19.5 Å². The van der Waals surface area contributed by atoms with Crippen LogP contribution >= 0.6 is 0 Å². The topological polar surface area (TPSA) is 79.0 Å². The van der Waals surface area contributed by atoms with Crippen LogP contribution in [0.25, 0.3) is 11.0 Å². The predicted molar refractivity (Wildman–Crippen MR) is 98.0 cm³/mol. The third-order valence-corrected chi connectivity index (χ3v) is 3.93. The molecular weight excluding hydrogens is 354 g/mol. The Bertz CT molecular complexity index is 848. The highest BCUT2D eigenvalue weighted by atomic mass is 19.3. The van der Waals surface area contributed by atoms with Crippen molar-refractivity contribution in [1.82, 2.24) is 20.6 Å². The molecule has 8 heteroatoms. The molecule has 0 aliphatic rings. The number of ether oxygens (including phenoxy) is 1. The Kier molecular flexibility index (Phi) is 6.19. The Morgan fingerprint density at radius 1 is 1.04 bits per heavy atom. The lowest BCUT2D eigenvalue weighted by molar-refractivity contribution is -0.0498. The number of fused-ring (bicyclic) bond motifs is 1. The van der Waals surface area contributed by atoms with Crippen LogP contribution in [0.2, 0.25) is 0 Å². The number of H-pyrrole nitrogens is 1. The predicted octanol–water partition coefficient (Wildman–Crippen LogP) is 3.25. The molecule has 0 radical (unpaired) electrons. The van der Waals surface area contributed by atoms with Gasteiger partial charge in [0.2, 0.25) is 0 Å². The van der Waals surface area contributed by atoms with Crippen LogP contribution in [0, 0.1) is 0 Å². The molecule has 0 atom stereocenters. The quantitative estimate of drug-likeness (QED) is 0.566. The number of nitrogens with zero attached hydrogens (tertiary/aromatic N) is 1. The average molecular weight is 374 g/mol. The fourth-order valence-electron chi connectivity index (χ4n) is 2.64. The van der Waals surface area contributed by atoms with Crippen molar-refractivity contribution in [3.05, 3.63) is 59.9 Å². The number of aromatic nitrogens is 2. The van der Waals surface area contributed by atoms with E-state index in [2.05, 4.69) is 25.3 Å². The molecule has 0 saturated carbocycles. The van der Waals surface area contributed by atoms with Gasteiger partial charge in [0.05, 0.1) is 11.0 Å². The number of rotatable bonds is 8. The molecule has 2 amide bonds. The number of carbonyl (C=O) groups excluding carboxylic acids is 1. The van der Waals surface area contributed by atoms with Gasteiger partial charge in [0, 0.05) is 19.5 Å². The molecule has 27 heavy (non-hydrogen) atoms. The lowest BCUT2D eigenvalue weighted by Crippen LogP contribution is -2.37. The maximum absolute atomic E-state index is 12.1. The molecule has 0 fully saturated rings. The summed E-state index contributed by atoms with van der Waals surface area (Å²) in [4.78, 5) is 19.5. The zero-order valence-corrected chi connectivity index (χ0v) is 14.5. The van der Waals surface area contributed by atoms with Crippen molar-refractivity contribution in [2.75, 3.05) is 13.1 Å². The van der Waals surface area contributed by atoms with E-state index < -0.39 is 6.61 Å². The maximum Gasteiger partial charge on any atom is 0.387 e. The molecule has 0 spiro atoms. The molecule has 6 nitrogen and oxygen atoms in total. The summed E-state index contributed by atoms with van der Waals surface area (Å²) < 4.78 is 28.5. The van der Waals surface area contributed by atoms with Crippen molar-refractivity contribution >= 4 is 17.1 Å². The Labute approximate surface area is 154 Å². The van der Waals surface area contributed by atoms with E-state index >= 15 is 0 Å². The number of carbonyl (C=O) groups is 1. The van der Waals surface area contributed by atoms with Gasteiger partial charge >= 0.3 is 12.6 Å². The first kappa shape index (κ1) is 18.6. The zero-order valence-electron chi connectivity index (χ0n) is 14.5. The number of imidazole rings is 1. The summed E-state index contributed by atoms with van der Waals surface area (Å²) >= 11 is 0. The van der Waals surface area contributed by atoms with Gasteiger partial charge in [-0.25, -0.2) is 9.78 Å². The lowest BCUT2D eigenvalue weighted by atomic mass is 10.1. The summed E-state index contributed by atoms with van der Waals surface area (Å²) in [6, 6.07) is 13.8. The highest BCUT2D eigenvalue weighted by Gasteiger charge is 2.05. The Morgan fingerprint density at radius 2 is 1.74 bits per heavy atom. The molecule has 2 aromatic carbocycles. The number of aromatic amines is 1. The number of alkyl halides is 2. The number of halogens is 2. The van der Waals surface area contributed by atoms with Gasteiger partial charge in [-0.15, -0.1) is 0 Å². The van der Waals surface area contributed by atoms with Gasteiger partial charge in [0.1, 0.15) is 11.6 Å². The Hall–Kier alpha value is -3.16. The SMILES string of the molecule is O=C(NCCc1ccc(OC(F)F)cc1)NCCc1nc2ccccc2[nH]1. The summed E-state index contributed by atoms with van der Waals surface area (Å²) in [5.74, 6) is 0.938. The number of hydrogen-bond acceptors (Lipinski definition) is 3. The van der Waals surface area contributed by atoms with Gasteiger partial charge < -0.3 is 20.4 Å². The average Bonchev–Trinajstić information content (AvgIpc) is 3.05. The molecule has 0 unspecified atom stereocenters. The second-order valence-corrected chi connectivity index (χ2v) is 5.91. The van der Waals surface area contributed by atoms with Crippen LogP contribution in [-0.4, -0.2) is 35.7 Å². The largest absolute Gasteiger partial charge is 0.435 e. The van der Waals surface area contributed by atoms with Crippen LogP contribution in [0.5, 0.6) is 5.75 Å². The molecule has 142 valence electrons. The molecule has 3 N–H and O–H groups in total. The standard InChI is InChI=1S/C19H20F2N4O2/c20-18(21)27-14-7-5-13(6-8-14)9-11-22-19(26)23-12-10-17-24-15-3-1-2-4-16(15)25-17/h1-8,18H,9-12H2,(H,24,25)(H2,22,23,26). The number of amides is 2. The number of hydrogen-bond donors (Lipinski definition) is 3.